The van der Waals surface area contributed by atoms with Crippen molar-refractivity contribution in [3.05, 3.63) is 11.6 Å². The Bertz CT molecular complexity index is 1380. The molecular formula is C40H62O11. The number of hydrogen-bond acceptors (Lipinski definition) is 11. The van der Waals surface area contributed by atoms with Crippen LogP contribution in [0.2, 0.25) is 0 Å². The highest BCUT2D eigenvalue weighted by Crippen LogP contribution is 2.76. The van der Waals surface area contributed by atoms with Crippen LogP contribution in [0.4, 0.5) is 0 Å². The van der Waals surface area contributed by atoms with Crippen molar-refractivity contribution < 1.29 is 53.8 Å². The van der Waals surface area contributed by atoms with Gasteiger partial charge in [0.15, 0.2) is 6.29 Å². The molecule has 0 bridgehead atoms. The van der Waals surface area contributed by atoms with Gasteiger partial charge in [0.2, 0.25) is 12.6 Å². The lowest BCUT2D eigenvalue weighted by Crippen LogP contribution is -2.65. The summed E-state index contributed by atoms with van der Waals surface area (Å²) in [6, 6.07) is 0. The molecule has 14 atom stereocenters. The SMILES string of the molecule is CC1(C)CCC2(C(=O)OC3OC(CO)C(O)C(O)C3O)CCC3(C)C(=CCC4C5(C)CCC(OC(C=O)OCC=O)C(C)(C)C5CCC43C)C2C1. The second kappa shape index (κ2) is 13.5. The minimum Gasteiger partial charge on any atom is -0.432 e. The molecule has 5 fully saturated rings. The molecule has 0 radical (unpaired) electrons. The maximum atomic E-state index is 14.5. The zero-order valence-corrected chi connectivity index (χ0v) is 31.6. The summed E-state index contributed by atoms with van der Waals surface area (Å²) >= 11 is 0. The van der Waals surface area contributed by atoms with E-state index in [0.29, 0.717) is 37.2 Å². The van der Waals surface area contributed by atoms with E-state index in [9.17, 15) is 34.8 Å². The first-order valence-electron chi connectivity index (χ1n) is 19.2. The van der Waals surface area contributed by atoms with Gasteiger partial charge in [-0.25, -0.2) is 0 Å². The molecule has 11 heteroatoms. The first kappa shape index (κ1) is 39.0. The fraction of sp³-hybridized carbons (Fsp3) is 0.875. The zero-order valence-electron chi connectivity index (χ0n) is 31.6. The molecule has 4 saturated carbocycles. The van der Waals surface area contributed by atoms with E-state index < -0.39 is 55.0 Å². The normalized spacial score (nSPS) is 47.7. The fourth-order valence-electron chi connectivity index (χ4n) is 12.6. The van der Waals surface area contributed by atoms with Crippen LogP contribution in [0, 0.1) is 50.2 Å². The average Bonchev–Trinajstić information content (AvgIpc) is 3.07. The van der Waals surface area contributed by atoms with Gasteiger partial charge in [-0.2, -0.15) is 0 Å². The van der Waals surface area contributed by atoms with Gasteiger partial charge < -0.3 is 44.2 Å². The van der Waals surface area contributed by atoms with Crippen molar-refractivity contribution in [3.63, 3.8) is 0 Å². The third-order valence-corrected chi connectivity index (χ3v) is 15.8. The molecular weight excluding hydrogens is 656 g/mol. The van der Waals surface area contributed by atoms with Crippen molar-refractivity contribution in [3.8, 4) is 0 Å². The summed E-state index contributed by atoms with van der Waals surface area (Å²) in [6.45, 7) is 15.7. The Labute approximate surface area is 302 Å². The number of rotatable bonds is 9. The van der Waals surface area contributed by atoms with E-state index in [0.717, 1.165) is 51.4 Å². The summed E-state index contributed by atoms with van der Waals surface area (Å²) in [6.07, 6.45) is 3.50. The molecule has 14 unspecified atom stereocenters. The standard InChI is InChI=1S/C40H62O11/c1-35(2)14-16-40(34(47)51-33-32(46)31(45)30(44)25(21-42)49-33)17-15-38(6)23(24(40)20-35)8-9-27-37(5)12-11-28(50-29(22-43)48-19-18-41)36(3,4)26(37)10-13-39(27,38)7/h8,18,22,24-33,42,44-46H,9-17,19-21H2,1-7H3. The van der Waals surface area contributed by atoms with Crippen molar-refractivity contribution in [2.75, 3.05) is 13.2 Å². The van der Waals surface area contributed by atoms with E-state index >= 15 is 0 Å². The number of carbonyl (C=O) groups is 3. The van der Waals surface area contributed by atoms with Crippen molar-refractivity contribution in [1.82, 2.24) is 0 Å². The van der Waals surface area contributed by atoms with Gasteiger partial charge in [-0.05, 0) is 109 Å². The van der Waals surface area contributed by atoms with Crippen LogP contribution in [0.15, 0.2) is 11.6 Å². The summed E-state index contributed by atoms with van der Waals surface area (Å²) in [4.78, 5) is 37.2. The highest BCUT2D eigenvalue weighted by molar-refractivity contribution is 5.79. The van der Waals surface area contributed by atoms with Crippen LogP contribution in [0.25, 0.3) is 0 Å². The number of hydrogen-bond donors (Lipinski definition) is 4. The number of aliphatic hydroxyl groups is 4. The van der Waals surface area contributed by atoms with Gasteiger partial charge in [-0.15, -0.1) is 0 Å². The smallest absolute Gasteiger partial charge is 0.315 e. The lowest BCUT2D eigenvalue weighted by molar-refractivity contribution is -0.297. The summed E-state index contributed by atoms with van der Waals surface area (Å²) in [5, 5.41) is 41.2. The van der Waals surface area contributed by atoms with Gasteiger partial charge in [-0.3, -0.25) is 9.59 Å². The minimum atomic E-state index is -1.64. The molecule has 4 N–H and O–H groups in total. The number of aldehydes is 2. The molecule has 1 aliphatic heterocycles. The monoisotopic (exact) mass is 718 g/mol. The van der Waals surface area contributed by atoms with Gasteiger partial charge in [0, 0.05) is 0 Å². The van der Waals surface area contributed by atoms with Gasteiger partial charge in [0.1, 0.15) is 37.3 Å². The fourth-order valence-corrected chi connectivity index (χ4v) is 12.6. The van der Waals surface area contributed by atoms with E-state index in [1.54, 1.807) is 0 Å². The molecule has 1 saturated heterocycles. The summed E-state index contributed by atoms with van der Waals surface area (Å²) in [5.41, 5.74) is 0.151. The van der Waals surface area contributed by atoms with Gasteiger partial charge in [0.05, 0.1) is 18.1 Å². The molecule has 0 aromatic carbocycles. The molecule has 6 aliphatic rings. The van der Waals surface area contributed by atoms with Crippen LogP contribution in [-0.4, -0.2) is 95.3 Å². The molecule has 51 heavy (non-hydrogen) atoms. The van der Waals surface area contributed by atoms with Crippen molar-refractivity contribution in [2.24, 2.45) is 50.2 Å². The molecule has 0 aromatic rings. The van der Waals surface area contributed by atoms with E-state index in [2.05, 4.69) is 54.5 Å². The first-order chi connectivity index (χ1) is 23.8. The van der Waals surface area contributed by atoms with E-state index in [-0.39, 0.29) is 45.7 Å². The lowest BCUT2D eigenvalue weighted by Gasteiger charge is -2.71. The van der Waals surface area contributed by atoms with Crippen LogP contribution >= 0.6 is 0 Å². The van der Waals surface area contributed by atoms with Crippen molar-refractivity contribution >= 4 is 18.5 Å². The third kappa shape index (κ3) is 6.00. The molecule has 288 valence electrons. The average molecular weight is 719 g/mol. The number of carbonyl (C=O) groups excluding carboxylic acids is 3. The molecule has 5 aliphatic carbocycles. The maximum Gasteiger partial charge on any atom is 0.315 e. The Morgan fingerprint density at radius 2 is 1.63 bits per heavy atom. The lowest BCUT2D eigenvalue weighted by atomic mass is 9.33. The Morgan fingerprint density at radius 3 is 2.29 bits per heavy atom. The molecule has 0 aromatic heterocycles. The summed E-state index contributed by atoms with van der Waals surface area (Å²) in [5.74, 6) is 0.247. The highest BCUT2D eigenvalue weighted by atomic mass is 16.7. The van der Waals surface area contributed by atoms with Crippen LogP contribution < -0.4 is 0 Å². The van der Waals surface area contributed by atoms with Crippen LogP contribution in [0.3, 0.4) is 0 Å². The van der Waals surface area contributed by atoms with Gasteiger partial charge in [-0.1, -0.05) is 60.1 Å². The molecule has 6 rings (SSSR count). The maximum absolute atomic E-state index is 14.5. The number of ether oxygens (including phenoxy) is 4. The van der Waals surface area contributed by atoms with Gasteiger partial charge >= 0.3 is 5.97 Å². The summed E-state index contributed by atoms with van der Waals surface area (Å²) < 4.78 is 23.2. The second-order valence-electron chi connectivity index (χ2n) is 19.0. The Kier molecular flexibility index (Phi) is 10.3. The Morgan fingerprint density at radius 1 is 0.922 bits per heavy atom. The highest BCUT2D eigenvalue weighted by Gasteiger charge is 2.70. The number of esters is 1. The molecule has 1 heterocycles. The van der Waals surface area contributed by atoms with E-state index in [1.807, 2.05) is 0 Å². The summed E-state index contributed by atoms with van der Waals surface area (Å²) in [7, 11) is 0. The molecule has 11 nitrogen and oxygen atoms in total. The van der Waals surface area contributed by atoms with E-state index in [4.69, 9.17) is 18.9 Å². The topological polar surface area (TPSA) is 169 Å². The zero-order chi connectivity index (χ0) is 37.4. The van der Waals surface area contributed by atoms with Crippen molar-refractivity contribution in [2.45, 2.75) is 156 Å². The number of fused-ring (bicyclic) bond motifs is 7. The minimum absolute atomic E-state index is 0.00921. The van der Waals surface area contributed by atoms with Crippen LogP contribution in [0.1, 0.15) is 113 Å². The van der Waals surface area contributed by atoms with Gasteiger partial charge in [0.25, 0.3) is 0 Å². The number of allylic oxidation sites excluding steroid dienone is 2. The quantitative estimate of drug-likeness (QED) is 0.116. The third-order valence-electron chi connectivity index (χ3n) is 15.8. The molecule has 0 amide bonds. The second-order valence-corrected chi connectivity index (χ2v) is 19.0. The predicted molar refractivity (Wildman–Crippen MR) is 186 cm³/mol. The Balaban J connectivity index is 1.30. The predicted octanol–water partition coefficient (Wildman–Crippen LogP) is 4.26. The largest absolute Gasteiger partial charge is 0.432 e. The van der Waals surface area contributed by atoms with E-state index in [1.165, 1.54) is 5.57 Å². The first-order valence-corrected chi connectivity index (χ1v) is 19.2. The van der Waals surface area contributed by atoms with Crippen LogP contribution in [-0.2, 0) is 33.3 Å². The molecule has 0 spiro atoms. The van der Waals surface area contributed by atoms with Crippen molar-refractivity contribution in [1.29, 1.82) is 0 Å². The Hall–Kier alpha value is -1.73. The van der Waals surface area contributed by atoms with Crippen LogP contribution in [0.5, 0.6) is 0 Å². The number of aliphatic hydroxyl groups excluding tert-OH is 4.